The second-order valence-electron chi connectivity index (χ2n) is 6.18. The Morgan fingerprint density at radius 2 is 2.00 bits per heavy atom. The quantitative estimate of drug-likeness (QED) is 0.822. The van der Waals surface area contributed by atoms with Gasteiger partial charge in [0.1, 0.15) is 6.61 Å². The van der Waals surface area contributed by atoms with Crippen molar-refractivity contribution in [2.45, 2.75) is 65.5 Å². The first-order valence-electron chi connectivity index (χ1n) is 6.77. The molecular weight excluding hydrogens is 214 g/mol. The molecule has 1 rings (SSSR count). The Labute approximate surface area is 105 Å². The van der Waals surface area contributed by atoms with E-state index < -0.39 is 0 Å². The molecule has 0 spiro atoms. The van der Waals surface area contributed by atoms with Crippen molar-refractivity contribution in [3.05, 3.63) is 0 Å². The van der Waals surface area contributed by atoms with Crippen molar-refractivity contribution in [1.82, 2.24) is 5.32 Å². The van der Waals surface area contributed by atoms with E-state index in [1.165, 1.54) is 12.8 Å². The van der Waals surface area contributed by atoms with Gasteiger partial charge >= 0.3 is 0 Å². The smallest absolute Gasteiger partial charge is 0.246 e. The molecule has 0 aromatic rings. The molecule has 1 amide bonds. The van der Waals surface area contributed by atoms with Crippen LogP contribution in [0.15, 0.2) is 0 Å². The molecule has 0 aromatic heterocycles. The molecule has 0 radical (unpaired) electrons. The highest BCUT2D eigenvalue weighted by Crippen LogP contribution is 2.33. The summed E-state index contributed by atoms with van der Waals surface area (Å²) in [6.07, 6.45) is 3.57. The van der Waals surface area contributed by atoms with E-state index in [-0.39, 0.29) is 18.1 Å². The Hall–Kier alpha value is -0.570. The lowest BCUT2D eigenvalue weighted by molar-refractivity contribution is -0.131. The van der Waals surface area contributed by atoms with Crippen LogP contribution in [0.3, 0.4) is 0 Å². The second kappa shape index (κ2) is 5.85. The van der Waals surface area contributed by atoms with Gasteiger partial charge in [-0.25, -0.2) is 0 Å². The van der Waals surface area contributed by atoms with Crippen molar-refractivity contribution >= 4 is 5.91 Å². The molecule has 0 heterocycles. The van der Waals surface area contributed by atoms with Gasteiger partial charge in [-0.15, -0.1) is 0 Å². The summed E-state index contributed by atoms with van der Waals surface area (Å²) in [6, 6.07) is 0.344. The van der Waals surface area contributed by atoms with E-state index in [4.69, 9.17) is 4.74 Å². The predicted octanol–water partition coefficient (Wildman–Crippen LogP) is 2.74. The number of hydrogen-bond donors (Lipinski definition) is 1. The van der Waals surface area contributed by atoms with Gasteiger partial charge < -0.3 is 10.1 Å². The molecule has 0 bridgehead atoms. The van der Waals surface area contributed by atoms with Crippen LogP contribution in [0.2, 0.25) is 0 Å². The fraction of sp³-hybridized carbons (Fsp3) is 0.929. The van der Waals surface area contributed by atoms with Gasteiger partial charge in [-0.1, -0.05) is 20.3 Å². The maximum atomic E-state index is 11.8. The molecule has 1 aliphatic carbocycles. The number of nitrogens with one attached hydrogen (secondary N) is 1. The first-order valence-corrected chi connectivity index (χ1v) is 6.77. The Balaban J connectivity index is 2.32. The van der Waals surface area contributed by atoms with Gasteiger partial charge in [-0.05, 0) is 45.4 Å². The zero-order valence-electron chi connectivity index (χ0n) is 11.9. The number of carbonyl (C=O) groups excluding carboxylic acids is 1. The fourth-order valence-electron chi connectivity index (χ4n) is 2.56. The molecule has 0 aliphatic heterocycles. The lowest BCUT2D eigenvalue weighted by Crippen LogP contribution is -2.40. The van der Waals surface area contributed by atoms with Crippen LogP contribution >= 0.6 is 0 Å². The minimum Gasteiger partial charge on any atom is -0.366 e. The van der Waals surface area contributed by atoms with Crippen LogP contribution in [0.1, 0.15) is 53.9 Å². The minimum absolute atomic E-state index is 0.0218. The molecule has 0 saturated heterocycles. The molecule has 3 atom stereocenters. The third-order valence-corrected chi connectivity index (χ3v) is 3.73. The molecule has 100 valence electrons. The van der Waals surface area contributed by atoms with Crippen molar-refractivity contribution in [2.24, 2.45) is 11.8 Å². The van der Waals surface area contributed by atoms with Gasteiger partial charge in [0.2, 0.25) is 5.91 Å². The van der Waals surface area contributed by atoms with Gasteiger partial charge in [-0.2, -0.15) is 0 Å². The Bertz CT molecular complexity index is 257. The van der Waals surface area contributed by atoms with Gasteiger partial charge in [-0.3, -0.25) is 4.79 Å². The van der Waals surface area contributed by atoms with E-state index in [2.05, 4.69) is 19.2 Å². The molecular formula is C14H27NO2. The van der Waals surface area contributed by atoms with Gasteiger partial charge in [0.25, 0.3) is 0 Å². The first kappa shape index (κ1) is 14.5. The molecule has 3 unspecified atom stereocenters. The van der Waals surface area contributed by atoms with Gasteiger partial charge in [0.05, 0.1) is 5.60 Å². The highest BCUT2D eigenvalue weighted by atomic mass is 16.5. The maximum Gasteiger partial charge on any atom is 0.246 e. The summed E-state index contributed by atoms with van der Waals surface area (Å²) in [5, 5.41) is 3.10. The molecule has 17 heavy (non-hydrogen) atoms. The summed E-state index contributed by atoms with van der Waals surface area (Å²) in [5.74, 6) is 1.39. The topological polar surface area (TPSA) is 38.3 Å². The van der Waals surface area contributed by atoms with Crippen LogP contribution < -0.4 is 5.32 Å². The van der Waals surface area contributed by atoms with E-state index in [9.17, 15) is 4.79 Å². The third-order valence-electron chi connectivity index (χ3n) is 3.73. The number of amides is 1. The average Bonchev–Trinajstić information content (AvgIpc) is 2.56. The standard InChI is InChI=1S/C14H27NO2/c1-6-11-7-8-12(10(11)2)15-13(16)9-17-14(3,4)5/h10-12H,6-9H2,1-5H3,(H,15,16). The molecule has 3 nitrogen and oxygen atoms in total. The summed E-state index contributed by atoms with van der Waals surface area (Å²) in [4.78, 5) is 11.8. The zero-order valence-corrected chi connectivity index (χ0v) is 11.9. The van der Waals surface area contributed by atoms with Crippen molar-refractivity contribution < 1.29 is 9.53 Å². The minimum atomic E-state index is -0.245. The summed E-state index contributed by atoms with van der Waals surface area (Å²) in [5.41, 5.74) is -0.245. The normalized spacial score (nSPS) is 29.4. The number of rotatable bonds is 4. The molecule has 3 heteroatoms. The lowest BCUT2D eigenvalue weighted by atomic mass is 9.93. The monoisotopic (exact) mass is 241 g/mol. The van der Waals surface area contributed by atoms with E-state index in [0.717, 1.165) is 12.3 Å². The van der Waals surface area contributed by atoms with Crippen LogP contribution in [0, 0.1) is 11.8 Å². The molecule has 1 aliphatic rings. The number of carbonyl (C=O) groups is 1. The third kappa shape index (κ3) is 4.66. The average molecular weight is 241 g/mol. The number of hydrogen-bond acceptors (Lipinski definition) is 2. The van der Waals surface area contributed by atoms with Crippen molar-refractivity contribution in [3.63, 3.8) is 0 Å². The Morgan fingerprint density at radius 1 is 1.35 bits per heavy atom. The van der Waals surface area contributed by atoms with Crippen LogP contribution in [0.25, 0.3) is 0 Å². The summed E-state index contributed by atoms with van der Waals surface area (Å²) in [6.45, 7) is 10.5. The molecule has 1 N–H and O–H groups in total. The van der Waals surface area contributed by atoms with E-state index in [0.29, 0.717) is 12.0 Å². The molecule has 1 fully saturated rings. The highest BCUT2D eigenvalue weighted by Gasteiger charge is 2.32. The van der Waals surface area contributed by atoms with Crippen molar-refractivity contribution in [3.8, 4) is 0 Å². The van der Waals surface area contributed by atoms with Crippen LogP contribution in [-0.4, -0.2) is 24.2 Å². The molecule has 1 saturated carbocycles. The van der Waals surface area contributed by atoms with Gasteiger partial charge in [0.15, 0.2) is 0 Å². The van der Waals surface area contributed by atoms with Crippen molar-refractivity contribution in [2.75, 3.05) is 6.61 Å². The Morgan fingerprint density at radius 3 is 2.47 bits per heavy atom. The van der Waals surface area contributed by atoms with Crippen molar-refractivity contribution in [1.29, 1.82) is 0 Å². The zero-order chi connectivity index (χ0) is 13.1. The predicted molar refractivity (Wildman–Crippen MR) is 69.8 cm³/mol. The summed E-state index contributed by atoms with van der Waals surface area (Å²) in [7, 11) is 0. The Kier molecular flexibility index (Phi) is 4.99. The summed E-state index contributed by atoms with van der Waals surface area (Å²) >= 11 is 0. The molecule has 0 aromatic carbocycles. The SMILES string of the molecule is CCC1CCC(NC(=O)COC(C)(C)C)C1C. The maximum absolute atomic E-state index is 11.8. The van der Waals surface area contributed by atoms with Crippen LogP contribution in [0.4, 0.5) is 0 Å². The van der Waals surface area contributed by atoms with Crippen LogP contribution in [-0.2, 0) is 9.53 Å². The van der Waals surface area contributed by atoms with Crippen LogP contribution in [0.5, 0.6) is 0 Å². The highest BCUT2D eigenvalue weighted by molar-refractivity contribution is 5.77. The van der Waals surface area contributed by atoms with E-state index >= 15 is 0 Å². The largest absolute Gasteiger partial charge is 0.366 e. The first-order chi connectivity index (χ1) is 7.83. The van der Waals surface area contributed by atoms with E-state index in [1.807, 2.05) is 20.8 Å². The lowest BCUT2D eigenvalue weighted by Gasteiger charge is -2.23. The second-order valence-corrected chi connectivity index (χ2v) is 6.18. The summed E-state index contributed by atoms with van der Waals surface area (Å²) < 4.78 is 5.48. The number of ether oxygens (including phenoxy) is 1. The van der Waals surface area contributed by atoms with Gasteiger partial charge in [0, 0.05) is 6.04 Å². The fourth-order valence-corrected chi connectivity index (χ4v) is 2.56. The van der Waals surface area contributed by atoms with E-state index in [1.54, 1.807) is 0 Å².